The van der Waals surface area contributed by atoms with Gasteiger partial charge in [-0.15, -0.1) is 11.8 Å². The highest BCUT2D eigenvalue weighted by Gasteiger charge is 2.38. The number of thioether (sulfide) groups is 1. The normalized spacial score (nSPS) is 24.1. The Balaban J connectivity index is 1.70. The first-order valence-electron chi connectivity index (χ1n) is 10.5. The zero-order valence-electron chi connectivity index (χ0n) is 18.6. The van der Waals surface area contributed by atoms with E-state index >= 15 is 0 Å². The molecule has 1 fully saturated rings. The summed E-state index contributed by atoms with van der Waals surface area (Å²) in [6.45, 7) is 20.6. The Morgan fingerprint density at radius 1 is 1.34 bits per heavy atom. The molecule has 0 saturated carbocycles. The number of hydrogen-bond acceptors (Lipinski definition) is 5. The summed E-state index contributed by atoms with van der Waals surface area (Å²) >= 11 is 1.72. The van der Waals surface area contributed by atoms with E-state index in [1.165, 1.54) is 0 Å². The fraction of sp³-hybridized carbons (Fsp3) is 0.609. The Bertz CT molecular complexity index is 678. The predicted octanol–water partition coefficient (Wildman–Crippen LogP) is 3.57. The van der Waals surface area contributed by atoms with Crippen LogP contribution in [0, 0.1) is 0 Å². The highest BCUT2D eigenvalue weighted by Crippen LogP contribution is 2.50. The second-order valence-corrected chi connectivity index (χ2v) is 9.67. The van der Waals surface area contributed by atoms with Gasteiger partial charge in [-0.3, -0.25) is 4.79 Å². The van der Waals surface area contributed by atoms with E-state index in [1.54, 1.807) is 11.8 Å². The van der Waals surface area contributed by atoms with Crippen molar-refractivity contribution in [3.63, 3.8) is 0 Å². The van der Waals surface area contributed by atoms with Crippen LogP contribution in [-0.4, -0.2) is 73.4 Å². The number of likely N-dealkylation sites (N-methyl/N-ethyl adjacent to an activating group) is 1. The summed E-state index contributed by atoms with van der Waals surface area (Å²) in [5.74, 6) is 1.09. The fourth-order valence-electron chi connectivity index (χ4n) is 3.61. The second-order valence-electron chi connectivity index (χ2n) is 8.13. The number of carbonyl (C=O) groups excluding carboxylic acids is 1. The van der Waals surface area contributed by atoms with Crippen LogP contribution in [0.15, 0.2) is 47.1 Å². The highest BCUT2D eigenvalue weighted by molar-refractivity contribution is 8.05. The van der Waals surface area contributed by atoms with Gasteiger partial charge in [-0.2, -0.15) is 0 Å². The standard InChI is InChI=1S/C23H37N3O2S/c1-7-18(2)17-23(5)22(19(3)20(4)29-23)28-16-8-10-24-21(27)9-11-26-14-12-25(6)13-15-26/h7,17H,1,4,8-16H2,2-3,5-6H3,(H,24,27)/b18-17+. The van der Waals surface area contributed by atoms with Gasteiger partial charge in [-0.1, -0.05) is 30.9 Å². The van der Waals surface area contributed by atoms with Gasteiger partial charge in [0.1, 0.15) is 5.76 Å². The molecular formula is C23H37N3O2S. The minimum Gasteiger partial charge on any atom is -0.496 e. The number of nitrogens with zero attached hydrogens (tertiary/aromatic N) is 2. The number of rotatable bonds is 10. The van der Waals surface area contributed by atoms with Crippen LogP contribution in [0.5, 0.6) is 0 Å². The molecule has 0 radical (unpaired) electrons. The van der Waals surface area contributed by atoms with Gasteiger partial charge < -0.3 is 19.9 Å². The molecule has 5 nitrogen and oxygen atoms in total. The number of piperazine rings is 1. The molecule has 2 aliphatic heterocycles. The van der Waals surface area contributed by atoms with Crippen LogP contribution in [0.4, 0.5) is 0 Å². The third kappa shape index (κ3) is 7.05. The number of allylic oxidation sites excluding steroid dienone is 3. The molecule has 1 N–H and O–H groups in total. The van der Waals surface area contributed by atoms with Crippen LogP contribution in [0.1, 0.15) is 33.6 Å². The van der Waals surface area contributed by atoms with E-state index in [9.17, 15) is 4.79 Å². The van der Waals surface area contributed by atoms with Crippen LogP contribution < -0.4 is 5.32 Å². The van der Waals surface area contributed by atoms with Crippen LogP contribution >= 0.6 is 11.8 Å². The Labute approximate surface area is 180 Å². The van der Waals surface area contributed by atoms with Crippen molar-refractivity contribution in [3.8, 4) is 0 Å². The molecule has 29 heavy (non-hydrogen) atoms. The molecule has 1 unspecified atom stereocenters. The zero-order chi connectivity index (χ0) is 21.4. The van der Waals surface area contributed by atoms with Gasteiger partial charge in [0, 0.05) is 56.2 Å². The second kappa shape index (κ2) is 11.0. The molecule has 6 heteroatoms. The van der Waals surface area contributed by atoms with Crippen molar-refractivity contribution in [1.29, 1.82) is 0 Å². The first-order chi connectivity index (χ1) is 13.7. The molecule has 0 aromatic carbocycles. The van der Waals surface area contributed by atoms with E-state index in [2.05, 4.69) is 55.2 Å². The summed E-state index contributed by atoms with van der Waals surface area (Å²) in [6, 6.07) is 0. The van der Waals surface area contributed by atoms with Crippen LogP contribution in [0.3, 0.4) is 0 Å². The first kappa shape index (κ1) is 23.8. The van der Waals surface area contributed by atoms with Crippen LogP contribution in [0.25, 0.3) is 0 Å². The van der Waals surface area contributed by atoms with E-state index < -0.39 is 0 Å². The SMILES string of the molecule is C=C/C(C)=C/C1(C)SC(=C)C(C)=C1OCCCNC(=O)CCN1CCN(C)CC1. The number of carbonyl (C=O) groups is 1. The monoisotopic (exact) mass is 419 g/mol. The van der Waals surface area contributed by atoms with Crippen LogP contribution in [-0.2, 0) is 9.53 Å². The third-order valence-corrected chi connectivity index (χ3v) is 6.79. The minimum atomic E-state index is -0.245. The highest BCUT2D eigenvalue weighted by atomic mass is 32.2. The van der Waals surface area contributed by atoms with E-state index in [4.69, 9.17) is 4.74 Å². The summed E-state index contributed by atoms with van der Waals surface area (Å²) in [5, 5.41) is 3.02. The van der Waals surface area contributed by atoms with Crippen molar-refractivity contribution in [2.24, 2.45) is 0 Å². The Kier molecular flexibility index (Phi) is 9.05. The molecule has 0 spiro atoms. The van der Waals surface area contributed by atoms with Crippen molar-refractivity contribution >= 4 is 17.7 Å². The molecule has 1 saturated heterocycles. The maximum atomic E-state index is 12.1. The fourth-order valence-corrected chi connectivity index (χ4v) is 4.92. The van der Waals surface area contributed by atoms with Gasteiger partial charge in [0.25, 0.3) is 0 Å². The summed E-state index contributed by atoms with van der Waals surface area (Å²) in [6.07, 6.45) is 5.39. The average Bonchev–Trinajstić information content (AvgIpc) is 2.89. The lowest BCUT2D eigenvalue weighted by atomic mass is 10.0. The van der Waals surface area contributed by atoms with Gasteiger partial charge in [0.2, 0.25) is 5.91 Å². The Hall–Kier alpha value is -1.50. The number of amides is 1. The molecule has 2 rings (SSSR count). The number of ether oxygens (including phenoxy) is 1. The molecular weight excluding hydrogens is 382 g/mol. The molecule has 2 aliphatic rings. The largest absolute Gasteiger partial charge is 0.496 e. The molecule has 0 bridgehead atoms. The van der Waals surface area contributed by atoms with Gasteiger partial charge in [0.05, 0.1) is 11.4 Å². The zero-order valence-corrected chi connectivity index (χ0v) is 19.4. The molecule has 0 aromatic heterocycles. The lowest BCUT2D eigenvalue weighted by Crippen LogP contribution is -2.45. The number of hydrogen-bond donors (Lipinski definition) is 1. The van der Waals surface area contributed by atoms with Gasteiger partial charge in [0.15, 0.2) is 0 Å². The van der Waals surface area contributed by atoms with Crippen molar-refractivity contribution in [2.75, 3.05) is 52.9 Å². The molecule has 2 heterocycles. The maximum Gasteiger partial charge on any atom is 0.221 e. The van der Waals surface area contributed by atoms with Gasteiger partial charge in [-0.25, -0.2) is 0 Å². The summed E-state index contributed by atoms with van der Waals surface area (Å²) < 4.78 is 5.90. The summed E-state index contributed by atoms with van der Waals surface area (Å²) in [7, 11) is 2.14. The van der Waals surface area contributed by atoms with Gasteiger partial charge >= 0.3 is 0 Å². The van der Waals surface area contributed by atoms with E-state index in [-0.39, 0.29) is 10.7 Å². The smallest absolute Gasteiger partial charge is 0.221 e. The lowest BCUT2D eigenvalue weighted by molar-refractivity contribution is -0.121. The molecule has 1 amide bonds. The maximum absolute atomic E-state index is 12.1. The molecule has 0 aliphatic carbocycles. The molecule has 0 aromatic rings. The first-order valence-corrected chi connectivity index (χ1v) is 11.3. The third-order valence-electron chi connectivity index (χ3n) is 5.51. The van der Waals surface area contributed by atoms with Gasteiger partial charge in [-0.05, 0) is 34.2 Å². The Morgan fingerprint density at radius 2 is 2.03 bits per heavy atom. The summed E-state index contributed by atoms with van der Waals surface area (Å²) in [5.41, 5.74) is 2.23. The summed E-state index contributed by atoms with van der Waals surface area (Å²) in [4.78, 5) is 17.8. The average molecular weight is 420 g/mol. The molecule has 1 atom stereocenters. The number of nitrogens with one attached hydrogen (secondary N) is 1. The van der Waals surface area contributed by atoms with E-state index in [1.807, 2.05) is 13.0 Å². The molecule has 162 valence electrons. The predicted molar refractivity (Wildman–Crippen MR) is 124 cm³/mol. The Morgan fingerprint density at radius 3 is 2.69 bits per heavy atom. The quantitative estimate of drug-likeness (QED) is 0.433. The lowest BCUT2D eigenvalue weighted by Gasteiger charge is -2.32. The van der Waals surface area contributed by atoms with E-state index in [0.717, 1.165) is 61.0 Å². The van der Waals surface area contributed by atoms with Crippen LogP contribution in [0.2, 0.25) is 0 Å². The van der Waals surface area contributed by atoms with Crippen molar-refractivity contribution in [2.45, 2.75) is 38.4 Å². The topological polar surface area (TPSA) is 44.8 Å². The van der Waals surface area contributed by atoms with E-state index in [0.29, 0.717) is 19.6 Å². The van der Waals surface area contributed by atoms with Crippen molar-refractivity contribution < 1.29 is 9.53 Å². The van der Waals surface area contributed by atoms with Crippen molar-refractivity contribution in [3.05, 3.63) is 47.1 Å². The minimum absolute atomic E-state index is 0.124. The van der Waals surface area contributed by atoms with Crippen molar-refractivity contribution in [1.82, 2.24) is 15.1 Å².